The topological polar surface area (TPSA) is 77.0 Å². The van der Waals surface area contributed by atoms with E-state index < -0.39 is 0 Å². The molecule has 2 heterocycles. The highest BCUT2D eigenvalue weighted by Crippen LogP contribution is 2.30. The summed E-state index contributed by atoms with van der Waals surface area (Å²) in [6.07, 6.45) is 0. The highest BCUT2D eigenvalue weighted by atomic mass is 32.2. The molecular weight excluding hydrogens is 392 g/mol. The summed E-state index contributed by atoms with van der Waals surface area (Å²) in [7, 11) is 0. The summed E-state index contributed by atoms with van der Waals surface area (Å²) in [6.45, 7) is 4.42. The number of thioether (sulfide) groups is 1. The first kappa shape index (κ1) is 18.6. The van der Waals surface area contributed by atoms with E-state index in [1.165, 1.54) is 23.1 Å². The molecule has 0 saturated heterocycles. The predicted octanol–water partition coefficient (Wildman–Crippen LogP) is 4.68. The molecule has 4 aromatic rings. The van der Waals surface area contributed by atoms with Crippen LogP contribution in [-0.2, 0) is 4.79 Å². The van der Waals surface area contributed by atoms with Crippen molar-refractivity contribution in [2.45, 2.75) is 18.9 Å². The van der Waals surface area contributed by atoms with Crippen LogP contribution in [0.1, 0.15) is 12.7 Å². The van der Waals surface area contributed by atoms with Gasteiger partial charge in [0, 0.05) is 5.39 Å². The molecule has 142 valence electrons. The average Bonchev–Trinajstić information content (AvgIpc) is 3.07. The summed E-state index contributed by atoms with van der Waals surface area (Å²) in [5.74, 6) is 1.63. The van der Waals surface area contributed by atoms with Gasteiger partial charge < -0.3 is 10.1 Å². The zero-order chi connectivity index (χ0) is 19.5. The van der Waals surface area contributed by atoms with Crippen LogP contribution in [0.4, 0.5) is 5.13 Å². The molecule has 0 saturated carbocycles. The Balaban J connectivity index is 1.46. The zero-order valence-electron chi connectivity index (χ0n) is 15.4. The highest BCUT2D eigenvalue weighted by Gasteiger charge is 2.12. The number of fused-ring (bicyclic) bond motifs is 2. The summed E-state index contributed by atoms with van der Waals surface area (Å²) in [5, 5.41) is 5.22. The minimum absolute atomic E-state index is 0.116. The molecule has 0 fully saturated rings. The molecule has 6 nitrogen and oxygen atoms in total. The largest absolute Gasteiger partial charge is 0.494 e. The van der Waals surface area contributed by atoms with Crippen molar-refractivity contribution in [1.29, 1.82) is 0 Å². The summed E-state index contributed by atoms with van der Waals surface area (Å²) in [6, 6.07) is 13.5. The number of hydrogen-bond donors (Lipinski definition) is 1. The Labute approximate surface area is 170 Å². The lowest BCUT2D eigenvalue weighted by atomic mass is 10.2. The van der Waals surface area contributed by atoms with Crippen molar-refractivity contribution < 1.29 is 9.53 Å². The van der Waals surface area contributed by atoms with Gasteiger partial charge >= 0.3 is 0 Å². The van der Waals surface area contributed by atoms with Crippen LogP contribution in [0.2, 0.25) is 0 Å². The van der Waals surface area contributed by atoms with Crippen LogP contribution in [0, 0.1) is 6.92 Å². The van der Waals surface area contributed by atoms with Crippen molar-refractivity contribution in [2.24, 2.45) is 0 Å². The van der Waals surface area contributed by atoms with Gasteiger partial charge in [-0.2, -0.15) is 0 Å². The third kappa shape index (κ3) is 4.07. The number of nitrogens with zero attached hydrogens (tertiary/aromatic N) is 3. The lowest BCUT2D eigenvalue weighted by Gasteiger charge is -2.06. The lowest BCUT2D eigenvalue weighted by molar-refractivity contribution is -0.113. The third-order valence-electron chi connectivity index (χ3n) is 3.94. The van der Waals surface area contributed by atoms with E-state index in [-0.39, 0.29) is 11.7 Å². The smallest absolute Gasteiger partial charge is 0.236 e. The molecule has 1 N–H and O–H groups in total. The summed E-state index contributed by atoms with van der Waals surface area (Å²) in [4.78, 5) is 25.8. The van der Waals surface area contributed by atoms with Crippen molar-refractivity contribution in [3.8, 4) is 5.75 Å². The fraction of sp³-hybridized carbons (Fsp3) is 0.200. The molecule has 28 heavy (non-hydrogen) atoms. The number of ether oxygens (including phenoxy) is 1. The van der Waals surface area contributed by atoms with Gasteiger partial charge in [0.25, 0.3) is 0 Å². The quantitative estimate of drug-likeness (QED) is 0.367. The number of para-hydroxylation sites is 1. The Kier molecular flexibility index (Phi) is 5.40. The number of hydrogen-bond acceptors (Lipinski definition) is 7. The van der Waals surface area contributed by atoms with Gasteiger partial charge in [0.05, 0.1) is 28.1 Å². The second-order valence-electron chi connectivity index (χ2n) is 6.01. The number of carbonyl (C=O) groups is 1. The van der Waals surface area contributed by atoms with Gasteiger partial charge in [0.2, 0.25) is 5.91 Å². The van der Waals surface area contributed by atoms with E-state index in [1.54, 1.807) is 0 Å². The Morgan fingerprint density at radius 2 is 2.00 bits per heavy atom. The van der Waals surface area contributed by atoms with Gasteiger partial charge in [-0.15, -0.1) is 0 Å². The molecule has 2 aromatic carbocycles. The Hall–Kier alpha value is -2.71. The minimum atomic E-state index is -0.116. The molecule has 0 aliphatic rings. The summed E-state index contributed by atoms with van der Waals surface area (Å²) >= 11 is 2.84. The molecule has 0 spiro atoms. The fourth-order valence-corrected chi connectivity index (χ4v) is 4.55. The molecule has 0 aliphatic carbocycles. The molecule has 0 bridgehead atoms. The molecular formula is C20H18N4O2S2. The van der Waals surface area contributed by atoms with Crippen LogP contribution in [0.15, 0.2) is 47.5 Å². The van der Waals surface area contributed by atoms with Crippen LogP contribution in [-0.4, -0.2) is 33.2 Å². The third-order valence-corrected chi connectivity index (χ3v) is 5.86. The number of benzene rings is 2. The maximum absolute atomic E-state index is 12.4. The van der Waals surface area contributed by atoms with Gasteiger partial charge in [0.1, 0.15) is 16.6 Å². The van der Waals surface area contributed by atoms with E-state index in [0.717, 1.165) is 31.9 Å². The maximum atomic E-state index is 12.4. The normalized spacial score (nSPS) is 11.1. The first-order chi connectivity index (χ1) is 13.6. The number of rotatable bonds is 6. The first-order valence-electron chi connectivity index (χ1n) is 8.82. The van der Waals surface area contributed by atoms with Gasteiger partial charge in [-0.1, -0.05) is 41.3 Å². The number of carbonyl (C=O) groups excluding carboxylic acids is 1. The van der Waals surface area contributed by atoms with E-state index >= 15 is 0 Å². The number of aryl methyl sites for hydroxylation is 1. The average molecular weight is 411 g/mol. The van der Waals surface area contributed by atoms with Crippen molar-refractivity contribution in [3.63, 3.8) is 0 Å². The molecule has 4 rings (SSSR count). The predicted molar refractivity (Wildman–Crippen MR) is 114 cm³/mol. The summed E-state index contributed by atoms with van der Waals surface area (Å²) < 4.78 is 6.49. The second-order valence-corrected chi connectivity index (χ2v) is 8.01. The lowest BCUT2D eigenvalue weighted by Crippen LogP contribution is -2.14. The van der Waals surface area contributed by atoms with E-state index in [2.05, 4.69) is 20.3 Å². The maximum Gasteiger partial charge on any atom is 0.236 e. The summed E-state index contributed by atoms with van der Waals surface area (Å²) in [5.41, 5.74) is 1.73. The number of nitrogens with one attached hydrogen (secondary N) is 1. The van der Waals surface area contributed by atoms with Crippen molar-refractivity contribution in [2.75, 3.05) is 17.7 Å². The molecule has 2 aromatic heterocycles. The van der Waals surface area contributed by atoms with E-state index in [4.69, 9.17) is 4.74 Å². The van der Waals surface area contributed by atoms with Crippen molar-refractivity contribution >= 4 is 55.3 Å². The number of anilines is 1. The van der Waals surface area contributed by atoms with Crippen LogP contribution in [0.25, 0.3) is 21.1 Å². The van der Waals surface area contributed by atoms with Gasteiger partial charge in [-0.05, 0) is 38.1 Å². The Morgan fingerprint density at radius 3 is 2.86 bits per heavy atom. The molecule has 8 heteroatoms. The number of thiazole rings is 1. The van der Waals surface area contributed by atoms with Crippen LogP contribution >= 0.6 is 23.1 Å². The highest BCUT2D eigenvalue weighted by molar-refractivity contribution is 8.00. The van der Waals surface area contributed by atoms with Gasteiger partial charge in [-0.3, -0.25) is 4.79 Å². The van der Waals surface area contributed by atoms with Crippen LogP contribution in [0.5, 0.6) is 5.75 Å². The monoisotopic (exact) mass is 410 g/mol. The standard InChI is InChI=1S/C20H18N4O2S2/c1-3-26-13-8-9-16-17(10-13)28-20(23-16)24-18(25)11-27-19-14-6-4-5-7-15(14)21-12(2)22-19/h4-10H,3,11H2,1-2H3,(H,23,24,25). The minimum Gasteiger partial charge on any atom is -0.494 e. The Bertz CT molecular complexity index is 1160. The Morgan fingerprint density at radius 1 is 1.14 bits per heavy atom. The van der Waals surface area contributed by atoms with Crippen LogP contribution < -0.4 is 10.1 Å². The van der Waals surface area contributed by atoms with Gasteiger partial charge in [0.15, 0.2) is 5.13 Å². The first-order valence-corrected chi connectivity index (χ1v) is 10.6. The fourth-order valence-electron chi connectivity index (χ4n) is 2.77. The van der Waals surface area contributed by atoms with Gasteiger partial charge in [-0.25, -0.2) is 15.0 Å². The number of aromatic nitrogens is 3. The molecule has 0 atom stereocenters. The number of amides is 1. The zero-order valence-corrected chi connectivity index (χ0v) is 17.1. The molecule has 0 unspecified atom stereocenters. The van der Waals surface area contributed by atoms with Crippen LogP contribution in [0.3, 0.4) is 0 Å². The SMILES string of the molecule is CCOc1ccc2nc(NC(=O)CSc3nc(C)nc4ccccc34)sc2c1. The molecule has 0 radical (unpaired) electrons. The van der Waals surface area contributed by atoms with E-state index in [0.29, 0.717) is 17.6 Å². The molecule has 0 aliphatic heterocycles. The van der Waals surface area contributed by atoms with Crippen molar-refractivity contribution in [3.05, 3.63) is 48.3 Å². The van der Waals surface area contributed by atoms with E-state index in [9.17, 15) is 4.79 Å². The van der Waals surface area contributed by atoms with Crippen molar-refractivity contribution in [1.82, 2.24) is 15.0 Å². The molecule has 1 amide bonds. The van der Waals surface area contributed by atoms with E-state index in [1.807, 2.05) is 56.3 Å². The second kappa shape index (κ2) is 8.12.